The van der Waals surface area contributed by atoms with Gasteiger partial charge >= 0.3 is 0 Å². The Bertz CT molecular complexity index is 2660. The van der Waals surface area contributed by atoms with Crippen LogP contribution in [0, 0.1) is 0 Å². The monoisotopic (exact) mass is 660 g/mol. The lowest BCUT2D eigenvalue weighted by atomic mass is 9.97. The molecule has 0 amide bonds. The lowest BCUT2D eigenvalue weighted by molar-refractivity contribution is 0.0461. The maximum absolute atomic E-state index is 13.8. The summed E-state index contributed by atoms with van der Waals surface area (Å²) >= 11 is 0. The van der Waals surface area contributed by atoms with E-state index in [0.29, 0.717) is 39.2 Å². The first-order chi connectivity index (χ1) is 23.2. The van der Waals surface area contributed by atoms with Gasteiger partial charge in [0.05, 0.1) is 43.6 Å². The second-order valence-corrected chi connectivity index (χ2v) is 13.4. The number of ether oxygens (including phenoxy) is 3. The van der Waals surface area contributed by atoms with Gasteiger partial charge in [-0.3, -0.25) is 9.59 Å². The molecule has 0 saturated heterocycles. The van der Waals surface area contributed by atoms with E-state index in [0.717, 1.165) is 6.07 Å². The molecule has 0 fully saturated rings. The van der Waals surface area contributed by atoms with Crippen LogP contribution in [0.25, 0.3) is 55.8 Å². The van der Waals surface area contributed by atoms with Crippen molar-refractivity contribution in [3.63, 3.8) is 0 Å². The number of rotatable bonds is 2. The summed E-state index contributed by atoms with van der Waals surface area (Å²) in [6.07, 6.45) is 7.06. The number of hydrogen-bond donors (Lipinski definition) is 4. The molecule has 4 heterocycles. The summed E-state index contributed by atoms with van der Waals surface area (Å²) < 4.78 is 22.3. The third-order valence-electron chi connectivity index (χ3n) is 9.45. The van der Waals surface area contributed by atoms with E-state index < -0.39 is 22.4 Å². The van der Waals surface area contributed by atoms with Crippen molar-refractivity contribution < 1.29 is 34.6 Å². The zero-order valence-corrected chi connectivity index (χ0v) is 27.3. The van der Waals surface area contributed by atoms with Crippen LogP contribution in [-0.2, 0) is 14.1 Å². The second-order valence-electron chi connectivity index (χ2n) is 13.4. The molecule has 49 heavy (non-hydrogen) atoms. The van der Waals surface area contributed by atoms with E-state index >= 15 is 0 Å². The first-order valence-corrected chi connectivity index (χ1v) is 15.6. The fraction of sp³-hybridized carbons (Fsp3) is 0.211. The Morgan fingerprint density at radius 3 is 2.16 bits per heavy atom. The molecule has 11 heteroatoms. The number of fused-ring (bicyclic) bond motifs is 8. The molecule has 0 radical (unpaired) electrons. The van der Waals surface area contributed by atoms with Gasteiger partial charge in [-0.15, -0.1) is 0 Å². The Morgan fingerprint density at radius 1 is 0.735 bits per heavy atom. The number of aryl methyl sites for hydroxylation is 2. The Hall–Kier alpha value is -6.10. The van der Waals surface area contributed by atoms with Gasteiger partial charge in [0, 0.05) is 37.4 Å². The fourth-order valence-electron chi connectivity index (χ4n) is 7.15. The molecule has 1 atom stereocenters. The highest BCUT2D eigenvalue weighted by molar-refractivity contribution is 6.05. The molecule has 2 aliphatic heterocycles. The summed E-state index contributed by atoms with van der Waals surface area (Å²) in [6, 6.07) is 10.4. The van der Waals surface area contributed by atoms with E-state index in [9.17, 15) is 30.0 Å². The Balaban J connectivity index is 1.27. The zero-order chi connectivity index (χ0) is 34.7. The van der Waals surface area contributed by atoms with E-state index in [-0.39, 0.29) is 62.0 Å². The minimum atomic E-state index is -1.08. The molecule has 11 nitrogen and oxygen atoms in total. The standard InChI is InChI=1S/C38H32N2O9/c1-37(2)13-11-19-27(48-37)16-25(44)29-32(19)40(5)33-21(35(29)46)9-10-26-36(33)47-17-38(3,49-26)14-12-18-23(42)15-24(43)28-31(18)39(4)30-20(34(28)45)7-6-8-22(30)41/h6-16,41-44H,17H2,1-5H3/b14-12-/t38-/m1/s1. The van der Waals surface area contributed by atoms with Crippen molar-refractivity contribution in [3.05, 3.63) is 86.2 Å². The minimum absolute atomic E-state index is 0.00833. The summed E-state index contributed by atoms with van der Waals surface area (Å²) in [5, 5.41) is 44.0. The summed E-state index contributed by atoms with van der Waals surface area (Å²) in [4.78, 5) is 27.3. The van der Waals surface area contributed by atoms with Crippen molar-refractivity contribution >= 4 is 55.8 Å². The van der Waals surface area contributed by atoms with Crippen LogP contribution in [0.2, 0.25) is 0 Å². The summed E-state index contributed by atoms with van der Waals surface area (Å²) in [5.74, 6) is 0.196. The van der Waals surface area contributed by atoms with Gasteiger partial charge in [0.2, 0.25) is 10.9 Å². The summed E-state index contributed by atoms with van der Waals surface area (Å²) in [5.41, 5.74) is -0.199. The van der Waals surface area contributed by atoms with Gasteiger partial charge in [0.25, 0.3) is 0 Å². The van der Waals surface area contributed by atoms with E-state index in [4.69, 9.17) is 14.2 Å². The van der Waals surface area contributed by atoms with E-state index in [1.165, 1.54) is 12.1 Å². The van der Waals surface area contributed by atoms with Gasteiger partial charge in [-0.05, 0) is 69.3 Å². The molecule has 2 aliphatic rings. The molecule has 0 bridgehead atoms. The number of pyridine rings is 2. The number of aromatic nitrogens is 2. The van der Waals surface area contributed by atoms with Crippen molar-refractivity contribution in [2.45, 2.75) is 32.0 Å². The molecule has 248 valence electrons. The van der Waals surface area contributed by atoms with Gasteiger partial charge in [0.1, 0.15) is 41.0 Å². The van der Waals surface area contributed by atoms with Gasteiger partial charge < -0.3 is 43.8 Å². The van der Waals surface area contributed by atoms with Crippen molar-refractivity contribution in [1.29, 1.82) is 0 Å². The largest absolute Gasteiger partial charge is 0.507 e. The molecule has 2 aromatic heterocycles. The molecular formula is C38H32N2O9. The predicted molar refractivity (Wildman–Crippen MR) is 187 cm³/mol. The average Bonchev–Trinajstić information content (AvgIpc) is 3.03. The Morgan fingerprint density at radius 2 is 1.41 bits per heavy atom. The fourth-order valence-corrected chi connectivity index (χ4v) is 7.15. The van der Waals surface area contributed by atoms with Crippen molar-refractivity contribution in [2.75, 3.05) is 6.61 Å². The van der Waals surface area contributed by atoms with Gasteiger partial charge in [0.15, 0.2) is 17.1 Å². The SMILES string of the molecule is Cn1c2c3c(ccc2c(=O)c2c(O)cc4c(c21)C=CC(C)(C)O4)O[C@](C)(/C=C\c1c(O)cc(O)c2c(=O)c4cccc(O)c4n(C)c12)CO3. The predicted octanol–water partition coefficient (Wildman–Crippen LogP) is 5.95. The number of nitrogens with zero attached hydrogens (tertiary/aromatic N) is 2. The number of phenolic OH excluding ortho intramolecular Hbond substituents is 4. The van der Waals surface area contributed by atoms with Crippen LogP contribution in [0.3, 0.4) is 0 Å². The number of phenols is 4. The van der Waals surface area contributed by atoms with Crippen LogP contribution < -0.4 is 25.1 Å². The van der Waals surface area contributed by atoms with Crippen LogP contribution in [0.15, 0.2) is 64.2 Å². The Labute approximate surface area is 278 Å². The molecule has 0 spiro atoms. The van der Waals surface area contributed by atoms with Crippen LogP contribution in [0.5, 0.6) is 40.2 Å². The molecule has 0 unspecified atom stereocenters. The summed E-state index contributed by atoms with van der Waals surface area (Å²) in [7, 11) is 3.43. The molecule has 0 saturated carbocycles. The summed E-state index contributed by atoms with van der Waals surface area (Å²) in [6.45, 7) is 5.60. The molecule has 4 N–H and O–H groups in total. The number of benzene rings is 4. The smallest absolute Gasteiger partial charge is 0.201 e. The molecule has 8 rings (SSSR count). The van der Waals surface area contributed by atoms with E-state index in [1.54, 1.807) is 66.6 Å². The van der Waals surface area contributed by atoms with Crippen molar-refractivity contribution in [3.8, 4) is 40.2 Å². The third kappa shape index (κ3) is 4.28. The molecular weight excluding hydrogens is 628 g/mol. The normalized spacial score (nSPS) is 18.1. The maximum Gasteiger partial charge on any atom is 0.201 e. The lowest BCUT2D eigenvalue weighted by Crippen LogP contribution is -2.40. The number of aromatic hydroxyl groups is 4. The maximum atomic E-state index is 13.8. The van der Waals surface area contributed by atoms with Crippen LogP contribution in [-0.4, -0.2) is 47.4 Å². The van der Waals surface area contributed by atoms with Crippen molar-refractivity contribution in [1.82, 2.24) is 9.13 Å². The van der Waals surface area contributed by atoms with Gasteiger partial charge in [-0.2, -0.15) is 0 Å². The second kappa shape index (κ2) is 9.96. The van der Waals surface area contributed by atoms with Crippen LogP contribution in [0.1, 0.15) is 31.9 Å². The van der Waals surface area contributed by atoms with Crippen molar-refractivity contribution in [2.24, 2.45) is 14.1 Å². The topological polar surface area (TPSA) is 153 Å². The van der Waals surface area contributed by atoms with E-state index in [2.05, 4.69) is 0 Å². The zero-order valence-electron chi connectivity index (χ0n) is 27.3. The highest BCUT2D eigenvalue weighted by Crippen LogP contribution is 2.45. The number of para-hydroxylation sites is 1. The first-order valence-electron chi connectivity index (χ1n) is 15.6. The minimum Gasteiger partial charge on any atom is -0.507 e. The highest BCUT2D eigenvalue weighted by Gasteiger charge is 2.34. The molecule has 6 aromatic rings. The highest BCUT2D eigenvalue weighted by atomic mass is 16.6. The van der Waals surface area contributed by atoms with Crippen LogP contribution >= 0.6 is 0 Å². The average molecular weight is 661 g/mol. The third-order valence-corrected chi connectivity index (χ3v) is 9.45. The first kappa shape index (κ1) is 30.2. The lowest BCUT2D eigenvalue weighted by Gasteiger charge is -2.34. The van der Waals surface area contributed by atoms with Crippen LogP contribution in [0.4, 0.5) is 0 Å². The van der Waals surface area contributed by atoms with E-state index in [1.807, 2.05) is 26.0 Å². The van der Waals surface area contributed by atoms with Gasteiger partial charge in [-0.1, -0.05) is 6.07 Å². The molecule has 4 aromatic carbocycles. The quantitative estimate of drug-likeness (QED) is 0.165. The Kier molecular flexibility index (Phi) is 6.15. The number of hydrogen-bond acceptors (Lipinski definition) is 9. The van der Waals surface area contributed by atoms with Gasteiger partial charge in [-0.25, -0.2) is 0 Å². The molecule has 0 aliphatic carbocycles.